The molecule has 0 N–H and O–H groups in total. The third-order valence-electron chi connectivity index (χ3n) is 8.99. The van der Waals surface area contributed by atoms with E-state index in [1.807, 2.05) is 7.11 Å². The lowest BCUT2D eigenvalue weighted by Crippen LogP contribution is -2.26. The number of ether oxygens (including phenoxy) is 2. The van der Waals surface area contributed by atoms with Gasteiger partial charge in [-0.1, -0.05) is 123 Å². The van der Waals surface area contributed by atoms with Gasteiger partial charge in [-0.25, -0.2) is 0 Å². The monoisotopic (exact) mass is 550 g/mol. The highest BCUT2D eigenvalue weighted by Gasteiger charge is 2.18. The molecule has 1 saturated heterocycles. The molecule has 1 aliphatic rings. The van der Waals surface area contributed by atoms with Crippen molar-refractivity contribution in [1.82, 2.24) is 4.90 Å². The lowest BCUT2D eigenvalue weighted by atomic mass is 9.93. The first-order valence-electron chi connectivity index (χ1n) is 17.7. The van der Waals surface area contributed by atoms with Crippen LogP contribution in [0.3, 0.4) is 0 Å². The Hall–Kier alpha value is -0.540. The summed E-state index contributed by atoms with van der Waals surface area (Å²) < 4.78 is 11.5. The Morgan fingerprint density at radius 1 is 0.615 bits per heavy atom. The molecule has 0 bridgehead atoms. The van der Waals surface area contributed by atoms with Gasteiger partial charge in [-0.05, 0) is 70.4 Å². The highest BCUT2D eigenvalue weighted by molar-refractivity contribution is 4.91. The predicted molar refractivity (Wildman–Crippen MR) is 173 cm³/mol. The summed E-state index contributed by atoms with van der Waals surface area (Å²) in [5.41, 5.74) is 0. The van der Waals surface area contributed by atoms with E-state index in [0.717, 1.165) is 24.9 Å². The third-order valence-corrected chi connectivity index (χ3v) is 8.99. The molecular weight excluding hydrogens is 478 g/mol. The first kappa shape index (κ1) is 36.5. The maximum atomic E-state index is 6.28. The molecule has 1 rings (SSSR count). The molecule has 1 heterocycles. The third kappa shape index (κ3) is 21.8. The van der Waals surface area contributed by atoms with Crippen LogP contribution >= 0.6 is 0 Å². The minimum absolute atomic E-state index is 0.575. The van der Waals surface area contributed by atoms with Gasteiger partial charge in [-0.2, -0.15) is 0 Å². The minimum atomic E-state index is 0.575. The standard InChI is InChI=1S/C36H71NO2/c1-5-7-9-11-12-13-20-28-36(27-19-10-8-6-2)34(3)39-32-24-16-18-26-35(33-37-29-21-22-30-37)25-17-14-15-23-31-38-4/h35-36H,3,5-33H2,1-2,4H3. The van der Waals surface area contributed by atoms with Gasteiger partial charge in [0.25, 0.3) is 0 Å². The van der Waals surface area contributed by atoms with E-state index in [1.165, 1.54) is 174 Å². The van der Waals surface area contributed by atoms with E-state index in [1.54, 1.807) is 0 Å². The lowest BCUT2D eigenvalue weighted by Gasteiger charge is -2.24. The van der Waals surface area contributed by atoms with Crippen molar-refractivity contribution in [2.24, 2.45) is 11.8 Å². The van der Waals surface area contributed by atoms with Gasteiger partial charge in [-0.15, -0.1) is 0 Å². The van der Waals surface area contributed by atoms with Gasteiger partial charge in [0.2, 0.25) is 0 Å². The molecule has 0 aliphatic carbocycles. The number of allylic oxidation sites excluding steroid dienone is 1. The smallest absolute Gasteiger partial charge is 0.0918 e. The molecule has 2 unspecified atom stereocenters. The fourth-order valence-corrected chi connectivity index (χ4v) is 6.35. The van der Waals surface area contributed by atoms with Crippen molar-refractivity contribution in [3.8, 4) is 0 Å². The van der Waals surface area contributed by atoms with E-state index in [0.29, 0.717) is 5.92 Å². The summed E-state index contributed by atoms with van der Waals surface area (Å²) in [4.78, 5) is 2.73. The Labute approximate surface area is 246 Å². The molecule has 0 aromatic carbocycles. The fraction of sp³-hybridized carbons (Fsp3) is 0.944. The second kappa shape index (κ2) is 27.6. The SMILES string of the molecule is C=C(OCCCCCC(CCCCCCOC)CN1CCCC1)C(CCCCCC)CCCCCCCCC. The largest absolute Gasteiger partial charge is 0.498 e. The normalized spacial score (nSPS) is 15.6. The van der Waals surface area contributed by atoms with Crippen molar-refractivity contribution >= 4 is 0 Å². The van der Waals surface area contributed by atoms with E-state index in [4.69, 9.17) is 9.47 Å². The van der Waals surface area contributed by atoms with Crippen molar-refractivity contribution in [1.29, 1.82) is 0 Å². The maximum absolute atomic E-state index is 6.28. The van der Waals surface area contributed by atoms with Gasteiger partial charge in [0, 0.05) is 26.2 Å². The van der Waals surface area contributed by atoms with Crippen molar-refractivity contribution in [2.45, 2.75) is 168 Å². The molecule has 232 valence electrons. The van der Waals surface area contributed by atoms with Crippen LogP contribution in [-0.4, -0.2) is 44.9 Å². The van der Waals surface area contributed by atoms with Gasteiger partial charge < -0.3 is 14.4 Å². The van der Waals surface area contributed by atoms with Gasteiger partial charge in [0.1, 0.15) is 0 Å². The number of methoxy groups -OCH3 is 1. The van der Waals surface area contributed by atoms with Crippen LogP contribution in [-0.2, 0) is 9.47 Å². The molecular formula is C36H71NO2. The maximum Gasteiger partial charge on any atom is 0.0918 e. The highest BCUT2D eigenvalue weighted by atomic mass is 16.5. The Balaban J connectivity index is 2.27. The Morgan fingerprint density at radius 3 is 1.67 bits per heavy atom. The second-order valence-electron chi connectivity index (χ2n) is 12.7. The zero-order valence-electron chi connectivity index (χ0n) is 27.1. The molecule has 0 spiro atoms. The van der Waals surface area contributed by atoms with Crippen molar-refractivity contribution in [3.05, 3.63) is 12.3 Å². The molecule has 0 radical (unpaired) electrons. The molecule has 0 saturated carbocycles. The predicted octanol–water partition coefficient (Wildman–Crippen LogP) is 11.1. The minimum Gasteiger partial charge on any atom is -0.498 e. The number of nitrogens with zero attached hydrogens (tertiary/aromatic N) is 1. The van der Waals surface area contributed by atoms with Crippen LogP contribution in [0.15, 0.2) is 12.3 Å². The van der Waals surface area contributed by atoms with E-state index in [-0.39, 0.29) is 0 Å². The van der Waals surface area contributed by atoms with Gasteiger partial charge in [0.15, 0.2) is 0 Å². The van der Waals surface area contributed by atoms with Crippen LogP contribution in [0.4, 0.5) is 0 Å². The first-order valence-corrected chi connectivity index (χ1v) is 17.7. The van der Waals surface area contributed by atoms with Crippen LogP contribution in [0.5, 0.6) is 0 Å². The lowest BCUT2D eigenvalue weighted by molar-refractivity contribution is 0.162. The zero-order chi connectivity index (χ0) is 28.2. The van der Waals surface area contributed by atoms with Crippen LogP contribution in [0, 0.1) is 11.8 Å². The highest BCUT2D eigenvalue weighted by Crippen LogP contribution is 2.26. The topological polar surface area (TPSA) is 21.7 Å². The summed E-state index contributed by atoms with van der Waals surface area (Å²) in [5, 5.41) is 0. The molecule has 3 heteroatoms. The zero-order valence-corrected chi connectivity index (χ0v) is 27.1. The van der Waals surface area contributed by atoms with Crippen molar-refractivity contribution in [3.63, 3.8) is 0 Å². The fourth-order valence-electron chi connectivity index (χ4n) is 6.35. The average Bonchev–Trinajstić information content (AvgIpc) is 3.46. The summed E-state index contributed by atoms with van der Waals surface area (Å²) in [5.74, 6) is 2.56. The van der Waals surface area contributed by atoms with Crippen LogP contribution < -0.4 is 0 Å². The number of rotatable bonds is 30. The van der Waals surface area contributed by atoms with E-state index in [2.05, 4.69) is 25.3 Å². The average molecular weight is 550 g/mol. The summed E-state index contributed by atoms with van der Waals surface area (Å²) in [7, 11) is 1.82. The summed E-state index contributed by atoms with van der Waals surface area (Å²) in [6, 6.07) is 0. The van der Waals surface area contributed by atoms with Crippen molar-refractivity contribution in [2.75, 3.05) is 40.0 Å². The van der Waals surface area contributed by atoms with E-state index in [9.17, 15) is 0 Å². The number of likely N-dealkylation sites (tertiary alicyclic amines) is 1. The quantitative estimate of drug-likeness (QED) is 0.0657. The van der Waals surface area contributed by atoms with E-state index < -0.39 is 0 Å². The molecule has 3 nitrogen and oxygen atoms in total. The summed E-state index contributed by atoms with van der Waals surface area (Å²) in [6.07, 6.45) is 32.4. The molecule has 2 atom stereocenters. The molecule has 0 amide bonds. The number of hydrogen-bond acceptors (Lipinski definition) is 3. The Morgan fingerprint density at radius 2 is 1.08 bits per heavy atom. The van der Waals surface area contributed by atoms with Gasteiger partial charge in [-0.3, -0.25) is 0 Å². The molecule has 39 heavy (non-hydrogen) atoms. The second-order valence-corrected chi connectivity index (χ2v) is 12.7. The summed E-state index contributed by atoms with van der Waals surface area (Å²) in [6.45, 7) is 14.8. The van der Waals surface area contributed by atoms with Crippen molar-refractivity contribution < 1.29 is 9.47 Å². The van der Waals surface area contributed by atoms with Crippen LogP contribution in [0.2, 0.25) is 0 Å². The molecule has 0 aromatic heterocycles. The van der Waals surface area contributed by atoms with Crippen LogP contribution in [0.1, 0.15) is 168 Å². The Bertz CT molecular complexity index is 516. The van der Waals surface area contributed by atoms with E-state index >= 15 is 0 Å². The first-order chi connectivity index (χ1) is 19.2. The molecule has 1 aliphatic heterocycles. The molecule has 0 aromatic rings. The number of hydrogen-bond donors (Lipinski definition) is 0. The van der Waals surface area contributed by atoms with Crippen LogP contribution in [0.25, 0.3) is 0 Å². The van der Waals surface area contributed by atoms with Gasteiger partial charge >= 0.3 is 0 Å². The Kier molecular flexibility index (Phi) is 25.8. The summed E-state index contributed by atoms with van der Waals surface area (Å²) >= 11 is 0. The molecule has 1 fully saturated rings. The number of unbranched alkanes of at least 4 members (excludes halogenated alkanes) is 14. The van der Waals surface area contributed by atoms with Gasteiger partial charge in [0.05, 0.1) is 12.4 Å².